The summed E-state index contributed by atoms with van der Waals surface area (Å²) in [5.41, 5.74) is -0.503. The summed E-state index contributed by atoms with van der Waals surface area (Å²) < 4.78 is 5.58. The molecule has 0 spiro atoms. The van der Waals surface area contributed by atoms with Crippen LogP contribution in [0.3, 0.4) is 0 Å². The first-order chi connectivity index (χ1) is 6.07. The van der Waals surface area contributed by atoms with Gasteiger partial charge in [-0.3, -0.25) is 0 Å². The van der Waals surface area contributed by atoms with Gasteiger partial charge in [0.25, 0.3) is 0 Å². The second-order valence-corrected chi connectivity index (χ2v) is 4.45. The van der Waals surface area contributed by atoms with E-state index in [1.807, 2.05) is 13.8 Å². The maximum atomic E-state index is 9.87. The van der Waals surface area contributed by atoms with Gasteiger partial charge < -0.3 is 9.84 Å². The summed E-state index contributed by atoms with van der Waals surface area (Å²) in [7, 11) is 0. The summed E-state index contributed by atoms with van der Waals surface area (Å²) >= 11 is 0. The molecule has 1 aliphatic carbocycles. The van der Waals surface area contributed by atoms with Crippen LogP contribution in [0.25, 0.3) is 0 Å². The number of hydrogen-bond donors (Lipinski definition) is 1. The highest BCUT2D eigenvalue weighted by molar-refractivity contribution is 5.75. The van der Waals surface area contributed by atoms with E-state index in [1.54, 1.807) is 0 Å². The molecule has 3 heteroatoms. The van der Waals surface area contributed by atoms with Gasteiger partial charge in [0.05, 0.1) is 11.6 Å². The van der Waals surface area contributed by atoms with E-state index in [0.29, 0.717) is 6.04 Å². The minimum absolute atomic E-state index is 0.231. The van der Waals surface area contributed by atoms with Crippen LogP contribution in [0.1, 0.15) is 39.5 Å². The van der Waals surface area contributed by atoms with Crippen LogP contribution in [0.15, 0.2) is 4.99 Å². The number of fused-ring (bicyclic) bond motifs is 1. The Bertz CT molecular complexity index is 235. The first-order valence-corrected chi connectivity index (χ1v) is 5.00. The monoisotopic (exact) mass is 183 g/mol. The van der Waals surface area contributed by atoms with Crippen LogP contribution in [0, 0.1) is 0 Å². The molecule has 2 aliphatic rings. The molecule has 1 saturated carbocycles. The molecule has 0 amide bonds. The number of hydrogen-bond acceptors (Lipinski definition) is 3. The van der Waals surface area contributed by atoms with E-state index in [1.165, 1.54) is 0 Å². The maximum Gasteiger partial charge on any atom is 0.180 e. The number of ether oxygens (including phenoxy) is 1. The van der Waals surface area contributed by atoms with E-state index in [4.69, 9.17) is 4.74 Å². The van der Waals surface area contributed by atoms with Crippen LogP contribution in [0.4, 0.5) is 0 Å². The molecule has 0 saturated heterocycles. The van der Waals surface area contributed by atoms with Crippen molar-refractivity contribution in [3.05, 3.63) is 0 Å². The van der Waals surface area contributed by atoms with E-state index in [0.717, 1.165) is 31.6 Å². The summed E-state index contributed by atoms with van der Waals surface area (Å²) in [6.07, 6.45) is 3.78. The maximum absolute atomic E-state index is 9.87. The highest BCUT2D eigenvalue weighted by atomic mass is 16.5. The van der Waals surface area contributed by atoms with Gasteiger partial charge in [-0.05, 0) is 32.6 Å². The van der Waals surface area contributed by atoms with Gasteiger partial charge in [0.1, 0.15) is 6.10 Å². The zero-order valence-electron chi connectivity index (χ0n) is 8.29. The van der Waals surface area contributed by atoms with Gasteiger partial charge >= 0.3 is 0 Å². The van der Waals surface area contributed by atoms with Gasteiger partial charge in [-0.15, -0.1) is 0 Å². The number of nitrogens with zero attached hydrogens (tertiary/aromatic N) is 1. The highest BCUT2D eigenvalue weighted by Gasteiger charge is 2.36. The summed E-state index contributed by atoms with van der Waals surface area (Å²) in [5, 5.41) is 9.87. The molecule has 0 aromatic carbocycles. The number of aliphatic imine (C=N–C) groups is 1. The summed E-state index contributed by atoms with van der Waals surface area (Å²) in [6, 6.07) is 0.300. The quantitative estimate of drug-likeness (QED) is 0.618. The third-order valence-corrected chi connectivity index (χ3v) is 3.04. The van der Waals surface area contributed by atoms with Gasteiger partial charge in [0.2, 0.25) is 0 Å². The van der Waals surface area contributed by atoms with Crippen molar-refractivity contribution >= 4 is 5.90 Å². The Labute approximate surface area is 78.8 Å². The summed E-state index contributed by atoms with van der Waals surface area (Å²) in [5.74, 6) is 0.816. The lowest BCUT2D eigenvalue weighted by atomic mass is 9.97. The molecule has 3 nitrogen and oxygen atoms in total. The topological polar surface area (TPSA) is 41.8 Å². The van der Waals surface area contributed by atoms with E-state index in [9.17, 15) is 5.11 Å². The Morgan fingerprint density at radius 1 is 1.46 bits per heavy atom. The predicted octanol–water partition coefficient (Wildman–Crippen LogP) is 1.50. The van der Waals surface area contributed by atoms with Crippen molar-refractivity contribution in [2.75, 3.05) is 0 Å². The molecular formula is C10H17NO2. The van der Waals surface area contributed by atoms with Crippen LogP contribution in [0.5, 0.6) is 0 Å². The fourth-order valence-electron chi connectivity index (χ4n) is 2.18. The van der Waals surface area contributed by atoms with Crippen LogP contribution >= 0.6 is 0 Å². The Kier molecular flexibility index (Phi) is 2.06. The third-order valence-electron chi connectivity index (χ3n) is 3.04. The van der Waals surface area contributed by atoms with Crippen LogP contribution < -0.4 is 0 Å². The SMILES string of the molecule is CC1=NC2CCC(C)(O)CCC2O1. The van der Waals surface area contributed by atoms with Crippen LogP contribution in [-0.4, -0.2) is 28.8 Å². The predicted molar refractivity (Wildman–Crippen MR) is 50.9 cm³/mol. The molecule has 1 N–H and O–H groups in total. The third kappa shape index (κ3) is 1.85. The van der Waals surface area contributed by atoms with Crippen molar-refractivity contribution in [3.8, 4) is 0 Å². The van der Waals surface area contributed by atoms with Gasteiger partial charge in [-0.25, -0.2) is 4.99 Å². The lowest BCUT2D eigenvalue weighted by molar-refractivity contribution is 0.0402. The number of rotatable bonds is 0. The zero-order valence-corrected chi connectivity index (χ0v) is 8.29. The zero-order chi connectivity index (χ0) is 9.47. The van der Waals surface area contributed by atoms with Crippen LogP contribution in [-0.2, 0) is 4.74 Å². The minimum Gasteiger partial charge on any atom is -0.476 e. The molecule has 13 heavy (non-hydrogen) atoms. The minimum atomic E-state index is -0.503. The van der Waals surface area contributed by atoms with Gasteiger partial charge in [0, 0.05) is 6.92 Å². The second kappa shape index (κ2) is 2.98. The number of aliphatic hydroxyl groups is 1. The Morgan fingerprint density at radius 3 is 2.92 bits per heavy atom. The molecule has 0 aromatic heterocycles. The molecule has 0 radical (unpaired) electrons. The standard InChI is InChI=1S/C10H17NO2/c1-7-11-8-3-5-10(2,12)6-4-9(8)13-7/h8-9,12H,3-6H2,1-2H3. The smallest absolute Gasteiger partial charge is 0.180 e. The lowest BCUT2D eigenvalue weighted by Gasteiger charge is -2.20. The van der Waals surface area contributed by atoms with Crippen molar-refractivity contribution in [1.29, 1.82) is 0 Å². The van der Waals surface area contributed by atoms with Crippen molar-refractivity contribution in [3.63, 3.8) is 0 Å². The largest absolute Gasteiger partial charge is 0.476 e. The lowest BCUT2D eigenvalue weighted by Crippen LogP contribution is -2.23. The average molecular weight is 183 g/mol. The van der Waals surface area contributed by atoms with Crippen molar-refractivity contribution in [1.82, 2.24) is 0 Å². The molecule has 1 heterocycles. The molecule has 2 rings (SSSR count). The van der Waals surface area contributed by atoms with Crippen molar-refractivity contribution in [2.24, 2.45) is 4.99 Å². The Morgan fingerprint density at radius 2 is 2.15 bits per heavy atom. The summed E-state index contributed by atoms with van der Waals surface area (Å²) in [4.78, 5) is 4.42. The molecule has 1 fully saturated rings. The Hall–Kier alpha value is -0.570. The Balaban J connectivity index is 2.05. The first kappa shape index (κ1) is 9.00. The molecule has 1 aliphatic heterocycles. The average Bonchev–Trinajstić information content (AvgIpc) is 2.34. The van der Waals surface area contributed by atoms with E-state index >= 15 is 0 Å². The van der Waals surface area contributed by atoms with E-state index in [2.05, 4.69) is 4.99 Å². The molecule has 0 bridgehead atoms. The van der Waals surface area contributed by atoms with E-state index < -0.39 is 5.60 Å². The molecular weight excluding hydrogens is 166 g/mol. The summed E-state index contributed by atoms with van der Waals surface area (Å²) in [6.45, 7) is 3.82. The van der Waals surface area contributed by atoms with Gasteiger partial charge in [-0.2, -0.15) is 0 Å². The normalized spacial score (nSPS) is 44.7. The highest BCUT2D eigenvalue weighted by Crippen LogP contribution is 2.32. The second-order valence-electron chi connectivity index (χ2n) is 4.45. The fraction of sp³-hybridized carbons (Fsp3) is 0.900. The molecule has 3 atom stereocenters. The fourth-order valence-corrected chi connectivity index (χ4v) is 2.18. The van der Waals surface area contributed by atoms with Crippen LogP contribution in [0.2, 0.25) is 0 Å². The molecule has 74 valence electrons. The molecule has 3 unspecified atom stereocenters. The van der Waals surface area contributed by atoms with Crippen molar-refractivity contribution in [2.45, 2.75) is 57.3 Å². The van der Waals surface area contributed by atoms with Gasteiger partial charge in [0.15, 0.2) is 5.90 Å². The first-order valence-electron chi connectivity index (χ1n) is 5.00. The molecule has 0 aromatic rings. The van der Waals surface area contributed by atoms with Crippen molar-refractivity contribution < 1.29 is 9.84 Å². The van der Waals surface area contributed by atoms with E-state index in [-0.39, 0.29) is 6.10 Å². The van der Waals surface area contributed by atoms with Gasteiger partial charge in [-0.1, -0.05) is 0 Å².